The number of carbonyl (C=O) groups excluding carboxylic acids is 2. The molecule has 7 nitrogen and oxygen atoms in total. The lowest BCUT2D eigenvalue weighted by Crippen LogP contribution is -2.53. The number of benzene rings is 3. The Morgan fingerprint density at radius 2 is 1.46 bits per heavy atom. The quantitative estimate of drug-likeness (QED) is 0.325. The first kappa shape index (κ1) is 30.2. The second-order valence-corrected chi connectivity index (χ2v) is 12.6. The molecule has 1 fully saturated rings. The summed E-state index contributed by atoms with van der Waals surface area (Å²) in [6.45, 7) is 5.32. The minimum Gasteiger partial charge on any atom is -0.352 e. The summed E-state index contributed by atoms with van der Waals surface area (Å²) in [7, 11) is -4.24. The smallest absolute Gasteiger partial charge is 0.264 e. The van der Waals surface area contributed by atoms with Crippen molar-refractivity contribution in [3.63, 3.8) is 0 Å². The fourth-order valence-electron chi connectivity index (χ4n) is 5.15. The van der Waals surface area contributed by atoms with Crippen LogP contribution in [0.15, 0.2) is 77.7 Å². The van der Waals surface area contributed by atoms with Crippen LogP contribution in [0, 0.1) is 19.7 Å². The summed E-state index contributed by atoms with van der Waals surface area (Å²) in [5.41, 5.74) is 3.12. The highest BCUT2D eigenvalue weighted by atomic mass is 32.2. The number of rotatable bonds is 11. The number of aryl methyl sites for hydroxylation is 2. The van der Waals surface area contributed by atoms with Crippen LogP contribution in [-0.4, -0.2) is 43.8 Å². The monoisotopic (exact) mass is 579 g/mol. The van der Waals surface area contributed by atoms with Gasteiger partial charge in [-0.15, -0.1) is 0 Å². The molecule has 0 bridgehead atoms. The molecule has 41 heavy (non-hydrogen) atoms. The number of amides is 2. The molecule has 1 aliphatic rings. The lowest BCUT2D eigenvalue weighted by atomic mass is 10.1. The van der Waals surface area contributed by atoms with Gasteiger partial charge in [0, 0.05) is 12.6 Å². The molecule has 0 aromatic heterocycles. The third-order valence-electron chi connectivity index (χ3n) is 7.56. The molecule has 1 aliphatic carbocycles. The first-order valence-electron chi connectivity index (χ1n) is 14.1. The van der Waals surface area contributed by atoms with E-state index < -0.39 is 34.3 Å². The van der Waals surface area contributed by atoms with E-state index in [0.29, 0.717) is 12.1 Å². The Morgan fingerprint density at radius 3 is 2.02 bits per heavy atom. The van der Waals surface area contributed by atoms with Crippen LogP contribution < -0.4 is 9.62 Å². The average molecular weight is 580 g/mol. The van der Waals surface area contributed by atoms with Crippen LogP contribution in [0.2, 0.25) is 0 Å². The van der Waals surface area contributed by atoms with Crippen LogP contribution in [0.25, 0.3) is 0 Å². The van der Waals surface area contributed by atoms with Gasteiger partial charge in [-0.2, -0.15) is 0 Å². The summed E-state index contributed by atoms with van der Waals surface area (Å²) >= 11 is 0. The van der Waals surface area contributed by atoms with Gasteiger partial charge in [0.15, 0.2) is 0 Å². The van der Waals surface area contributed by atoms with Crippen LogP contribution in [0.5, 0.6) is 0 Å². The summed E-state index contributed by atoms with van der Waals surface area (Å²) in [5.74, 6) is -1.31. The number of sulfonamides is 1. The van der Waals surface area contributed by atoms with E-state index in [1.165, 1.54) is 17.0 Å². The highest BCUT2D eigenvalue weighted by Gasteiger charge is 2.34. The van der Waals surface area contributed by atoms with Crippen LogP contribution in [0.4, 0.5) is 10.1 Å². The minimum atomic E-state index is -4.24. The summed E-state index contributed by atoms with van der Waals surface area (Å²) in [4.78, 5) is 29.0. The lowest BCUT2D eigenvalue weighted by molar-refractivity contribution is -0.140. The largest absolute Gasteiger partial charge is 0.352 e. The van der Waals surface area contributed by atoms with E-state index in [0.717, 1.165) is 58.8 Å². The van der Waals surface area contributed by atoms with Crippen molar-refractivity contribution in [2.45, 2.75) is 76.4 Å². The van der Waals surface area contributed by atoms with Crippen molar-refractivity contribution in [3.8, 4) is 0 Å². The molecule has 1 saturated carbocycles. The predicted octanol–water partition coefficient (Wildman–Crippen LogP) is 5.50. The Morgan fingerprint density at radius 1 is 0.902 bits per heavy atom. The van der Waals surface area contributed by atoms with Crippen LogP contribution >= 0.6 is 0 Å². The normalized spacial score (nSPS) is 14.4. The number of nitrogens with zero attached hydrogens (tertiary/aromatic N) is 2. The molecule has 1 unspecified atom stereocenters. The van der Waals surface area contributed by atoms with Crippen molar-refractivity contribution < 1.29 is 22.4 Å². The fourth-order valence-corrected chi connectivity index (χ4v) is 6.56. The first-order chi connectivity index (χ1) is 19.6. The van der Waals surface area contributed by atoms with Gasteiger partial charge in [0.1, 0.15) is 18.4 Å². The standard InChI is InChI=1S/C32H38FN3O4S/c1-4-30(32(38)34-27-7-5-6-8-27)35(21-25-13-9-23(2)10-14-25)31(37)22-36(28-17-11-24(3)12-18-28)41(39,40)29-19-15-26(33)16-20-29/h9-20,27,30H,4-8,21-22H2,1-3H3,(H,34,38). The molecule has 1 N–H and O–H groups in total. The summed E-state index contributed by atoms with van der Waals surface area (Å²) in [5, 5.41) is 3.11. The fraction of sp³-hybridized carbons (Fsp3) is 0.375. The third kappa shape index (κ3) is 7.52. The van der Waals surface area contributed by atoms with Gasteiger partial charge in [0.05, 0.1) is 10.6 Å². The Balaban J connectivity index is 1.70. The second kappa shape index (κ2) is 13.3. The van der Waals surface area contributed by atoms with Crippen LogP contribution in [-0.2, 0) is 26.2 Å². The van der Waals surface area contributed by atoms with E-state index in [4.69, 9.17) is 0 Å². The molecule has 0 aliphatic heterocycles. The van der Waals surface area contributed by atoms with Crippen molar-refractivity contribution in [2.24, 2.45) is 0 Å². The van der Waals surface area contributed by atoms with Crippen LogP contribution in [0.1, 0.15) is 55.7 Å². The second-order valence-electron chi connectivity index (χ2n) is 10.7. The van der Waals surface area contributed by atoms with Crippen molar-refractivity contribution in [1.29, 1.82) is 0 Å². The lowest BCUT2D eigenvalue weighted by Gasteiger charge is -2.33. The number of anilines is 1. The summed E-state index contributed by atoms with van der Waals surface area (Å²) in [6, 6.07) is 18.3. The van der Waals surface area contributed by atoms with Crippen LogP contribution in [0.3, 0.4) is 0 Å². The maximum absolute atomic E-state index is 14.1. The number of carbonyl (C=O) groups is 2. The minimum absolute atomic E-state index is 0.0794. The Labute approximate surface area is 242 Å². The number of hydrogen-bond donors (Lipinski definition) is 1. The van der Waals surface area contributed by atoms with E-state index in [2.05, 4.69) is 5.32 Å². The molecule has 0 radical (unpaired) electrons. The zero-order valence-electron chi connectivity index (χ0n) is 23.8. The van der Waals surface area contributed by atoms with E-state index >= 15 is 0 Å². The maximum atomic E-state index is 14.1. The Kier molecular flexibility index (Phi) is 9.81. The summed E-state index contributed by atoms with van der Waals surface area (Å²) < 4.78 is 42.3. The van der Waals surface area contributed by atoms with Gasteiger partial charge in [-0.25, -0.2) is 12.8 Å². The van der Waals surface area contributed by atoms with Gasteiger partial charge in [0.2, 0.25) is 11.8 Å². The van der Waals surface area contributed by atoms with Gasteiger partial charge in [-0.1, -0.05) is 67.3 Å². The van der Waals surface area contributed by atoms with Crippen molar-refractivity contribution >= 4 is 27.5 Å². The maximum Gasteiger partial charge on any atom is 0.264 e. The molecule has 1 atom stereocenters. The van der Waals surface area contributed by atoms with Crippen molar-refractivity contribution in [2.75, 3.05) is 10.8 Å². The van der Waals surface area contributed by atoms with E-state index in [1.807, 2.05) is 45.0 Å². The third-order valence-corrected chi connectivity index (χ3v) is 9.35. The first-order valence-corrected chi connectivity index (χ1v) is 15.5. The molecule has 218 valence electrons. The highest BCUT2D eigenvalue weighted by Crippen LogP contribution is 2.26. The predicted molar refractivity (Wildman–Crippen MR) is 158 cm³/mol. The summed E-state index contributed by atoms with van der Waals surface area (Å²) in [6.07, 6.45) is 4.29. The number of nitrogens with one attached hydrogen (secondary N) is 1. The van der Waals surface area contributed by atoms with Gasteiger partial charge < -0.3 is 10.2 Å². The van der Waals surface area contributed by atoms with Gasteiger partial charge in [0.25, 0.3) is 10.0 Å². The average Bonchev–Trinajstić information content (AvgIpc) is 3.46. The highest BCUT2D eigenvalue weighted by molar-refractivity contribution is 7.92. The molecule has 4 rings (SSSR count). The van der Waals surface area contributed by atoms with Gasteiger partial charge in [-0.05, 0) is 75.1 Å². The molecule has 2 amide bonds. The molecule has 3 aromatic carbocycles. The molecule has 3 aromatic rings. The molecule has 9 heteroatoms. The zero-order valence-corrected chi connectivity index (χ0v) is 24.7. The number of hydrogen-bond acceptors (Lipinski definition) is 4. The van der Waals surface area contributed by atoms with Crippen molar-refractivity contribution in [3.05, 3.63) is 95.3 Å². The molecule has 0 saturated heterocycles. The molecule has 0 heterocycles. The van der Waals surface area contributed by atoms with E-state index in [9.17, 15) is 22.4 Å². The Hall–Kier alpha value is -3.72. The topological polar surface area (TPSA) is 86.8 Å². The molecule has 0 spiro atoms. The molecular formula is C32H38FN3O4S. The molecular weight excluding hydrogens is 541 g/mol. The Bertz CT molecular complexity index is 1440. The SMILES string of the molecule is CCC(C(=O)NC1CCCC1)N(Cc1ccc(C)cc1)C(=O)CN(c1ccc(C)cc1)S(=O)(=O)c1ccc(F)cc1. The van der Waals surface area contributed by atoms with E-state index in [-0.39, 0.29) is 23.4 Å². The van der Waals surface area contributed by atoms with Gasteiger partial charge >= 0.3 is 0 Å². The zero-order chi connectivity index (χ0) is 29.6. The van der Waals surface area contributed by atoms with Crippen molar-refractivity contribution in [1.82, 2.24) is 10.2 Å². The number of halogens is 1. The van der Waals surface area contributed by atoms with E-state index in [1.54, 1.807) is 24.3 Å². The van der Waals surface area contributed by atoms with Gasteiger partial charge in [-0.3, -0.25) is 13.9 Å².